The summed E-state index contributed by atoms with van der Waals surface area (Å²) in [4.78, 5) is 13.8. The number of aromatic nitrogens is 2. The van der Waals surface area contributed by atoms with Crippen LogP contribution in [0.25, 0.3) is 10.2 Å². The van der Waals surface area contributed by atoms with E-state index in [1.165, 1.54) is 16.7 Å². The van der Waals surface area contributed by atoms with Crippen molar-refractivity contribution in [3.05, 3.63) is 17.3 Å². The Hall–Kier alpha value is -1.67. The number of anilines is 1. The molecule has 1 saturated carbocycles. The number of hydrogen-bond acceptors (Lipinski definition) is 5. The van der Waals surface area contributed by atoms with Crippen LogP contribution >= 0.6 is 11.3 Å². The van der Waals surface area contributed by atoms with Crippen molar-refractivity contribution < 1.29 is 0 Å². The molecule has 0 radical (unpaired) electrons. The molecule has 1 aliphatic heterocycles. The lowest BCUT2D eigenvalue weighted by Crippen LogP contribution is -2.39. The van der Waals surface area contributed by atoms with Gasteiger partial charge in [-0.15, -0.1) is 11.3 Å². The largest absolute Gasteiger partial charge is 0.355 e. The Bertz CT molecular complexity index is 723. The highest BCUT2D eigenvalue weighted by atomic mass is 32.1. The van der Waals surface area contributed by atoms with Gasteiger partial charge < -0.3 is 4.90 Å². The molecular weight excluding hydrogens is 280 g/mol. The summed E-state index contributed by atoms with van der Waals surface area (Å²) >= 11 is 1.77. The van der Waals surface area contributed by atoms with Gasteiger partial charge in [-0.25, -0.2) is 9.97 Å². The van der Waals surface area contributed by atoms with Crippen molar-refractivity contribution in [3.63, 3.8) is 0 Å². The van der Waals surface area contributed by atoms with Crippen molar-refractivity contribution in [2.45, 2.75) is 32.6 Å². The average Bonchev–Trinajstić information content (AvgIpc) is 3.08. The van der Waals surface area contributed by atoms with Gasteiger partial charge in [-0.05, 0) is 37.2 Å². The van der Waals surface area contributed by atoms with Crippen LogP contribution in [0.1, 0.15) is 31.1 Å². The standard InChI is InChI=1S/C16H18N4S/c1-2-12-5-13-14(18-10-19-15(13)21-12)20-4-3-16(9-20)6-11(7-16)8-17/h5,10-11H,2-4,6-7,9H2,1H3. The first-order valence-corrected chi connectivity index (χ1v) is 8.43. The molecule has 4 nitrogen and oxygen atoms in total. The number of aryl methyl sites for hydroxylation is 1. The van der Waals surface area contributed by atoms with Crippen LogP contribution in [0.2, 0.25) is 0 Å². The lowest BCUT2D eigenvalue weighted by Gasteiger charge is -2.41. The predicted molar refractivity (Wildman–Crippen MR) is 84.4 cm³/mol. The maximum absolute atomic E-state index is 9.00. The number of nitrogens with zero attached hydrogens (tertiary/aromatic N) is 4. The van der Waals surface area contributed by atoms with Crippen molar-refractivity contribution in [2.75, 3.05) is 18.0 Å². The molecule has 1 saturated heterocycles. The smallest absolute Gasteiger partial charge is 0.140 e. The molecule has 1 spiro atoms. The molecule has 0 bridgehead atoms. The monoisotopic (exact) mass is 298 g/mol. The number of rotatable bonds is 2. The first-order chi connectivity index (χ1) is 10.2. The van der Waals surface area contributed by atoms with Gasteiger partial charge in [0.1, 0.15) is 17.0 Å². The predicted octanol–water partition coefficient (Wildman–Crippen LogP) is 3.38. The second kappa shape index (κ2) is 4.67. The third-order valence-corrected chi connectivity index (χ3v) is 6.17. The van der Waals surface area contributed by atoms with Crippen LogP contribution in [0.3, 0.4) is 0 Å². The summed E-state index contributed by atoms with van der Waals surface area (Å²) < 4.78 is 0. The summed E-state index contributed by atoms with van der Waals surface area (Å²) in [6.45, 7) is 4.29. The van der Waals surface area contributed by atoms with E-state index in [4.69, 9.17) is 5.26 Å². The molecule has 2 aliphatic rings. The summed E-state index contributed by atoms with van der Waals surface area (Å²) in [5, 5.41) is 10.2. The van der Waals surface area contributed by atoms with Crippen LogP contribution in [-0.4, -0.2) is 23.1 Å². The van der Waals surface area contributed by atoms with Gasteiger partial charge in [0.15, 0.2) is 0 Å². The second-order valence-corrected chi connectivity index (χ2v) is 7.50. The van der Waals surface area contributed by atoms with E-state index in [-0.39, 0.29) is 5.92 Å². The Balaban J connectivity index is 1.63. The maximum Gasteiger partial charge on any atom is 0.140 e. The third-order valence-electron chi connectivity index (χ3n) is 4.99. The first kappa shape index (κ1) is 13.0. The summed E-state index contributed by atoms with van der Waals surface area (Å²) in [7, 11) is 0. The SMILES string of the molecule is CCc1cc2c(N3CCC4(CC(C#N)C4)C3)ncnc2s1. The number of hydrogen-bond donors (Lipinski definition) is 0. The first-order valence-electron chi connectivity index (χ1n) is 7.61. The Morgan fingerprint density at radius 1 is 1.48 bits per heavy atom. The molecule has 5 heteroatoms. The summed E-state index contributed by atoms with van der Waals surface area (Å²) in [5.74, 6) is 1.37. The summed E-state index contributed by atoms with van der Waals surface area (Å²) in [6, 6.07) is 4.65. The van der Waals surface area contributed by atoms with Crippen molar-refractivity contribution >= 4 is 27.4 Å². The highest BCUT2D eigenvalue weighted by Crippen LogP contribution is 2.52. The van der Waals surface area contributed by atoms with Crippen LogP contribution in [0.4, 0.5) is 5.82 Å². The fourth-order valence-electron chi connectivity index (χ4n) is 3.85. The minimum absolute atomic E-state index is 0.281. The molecule has 108 valence electrons. The lowest BCUT2D eigenvalue weighted by molar-refractivity contribution is 0.115. The zero-order valence-corrected chi connectivity index (χ0v) is 13.0. The fourth-order valence-corrected chi connectivity index (χ4v) is 4.77. The van der Waals surface area contributed by atoms with Gasteiger partial charge in [0.05, 0.1) is 11.5 Å². The van der Waals surface area contributed by atoms with E-state index in [2.05, 4.69) is 33.9 Å². The van der Waals surface area contributed by atoms with Gasteiger partial charge in [-0.3, -0.25) is 0 Å². The van der Waals surface area contributed by atoms with E-state index >= 15 is 0 Å². The van der Waals surface area contributed by atoms with E-state index in [1.807, 2.05) is 0 Å². The molecule has 2 aromatic rings. The van der Waals surface area contributed by atoms with Gasteiger partial charge in [-0.1, -0.05) is 6.92 Å². The minimum Gasteiger partial charge on any atom is -0.355 e. The molecule has 2 fully saturated rings. The highest BCUT2D eigenvalue weighted by molar-refractivity contribution is 7.18. The van der Waals surface area contributed by atoms with Crippen molar-refractivity contribution in [1.29, 1.82) is 5.26 Å². The third kappa shape index (κ3) is 2.01. The fraction of sp³-hybridized carbons (Fsp3) is 0.562. The molecule has 0 atom stereocenters. The number of fused-ring (bicyclic) bond motifs is 1. The van der Waals surface area contributed by atoms with E-state index < -0.39 is 0 Å². The summed E-state index contributed by atoms with van der Waals surface area (Å²) in [5.41, 5.74) is 0.376. The quantitative estimate of drug-likeness (QED) is 0.853. The lowest BCUT2D eigenvalue weighted by atomic mass is 9.62. The zero-order valence-electron chi connectivity index (χ0n) is 12.2. The molecular formula is C16H18N4S. The molecule has 3 heterocycles. The van der Waals surface area contributed by atoms with Gasteiger partial charge in [-0.2, -0.15) is 5.26 Å². The second-order valence-electron chi connectivity index (χ2n) is 6.39. The van der Waals surface area contributed by atoms with Crippen molar-refractivity contribution in [1.82, 2.24) is 9.97 Å². The van der Waals surface area contributed by atoms with Crippen LogP contribution in [0.5, 0.6) is 0 Å². The van der Waals surface area contributed by atoms with Crippen LogP contribution in [0, 0.1) is 22.7 Å². The Labute approximate surface area is 128 Å². The van der Waals surface area contributed by atoms with E-state index in [9.17, 15) is 0 Å². The van der Waals surface area contributed by atoms with Gasteiger partial charge >= 0.3 is 0 Å². The molecule has 0 N–H and O–H groups in total. The topological polar surface area (TPSA) is 52.8 Å². The Morgan fingerprint density at radius 3 is 3.10 bits per heavy atom. The van der Waals surface area contributed by atoms with Crippen molar-refractivity contribution in [3.8, 4) is 6.07 Å². The molecule has 2 aromatic heterocycles. The van der Waals surface area contributed by atoms with E-state index in [1.54, 1.807) is 17.7 Å². The highest BCUT2D eigenvalue weighted by Gasteiger charge is 2.49. The van der Waals surface area contributed by atoms with Crippen LogP contribution < -0.4 is 4.90 Å². The molecule has 4 rings (SSSR count). The number of nitriles is 1. The van der Waals surface area contributed by atoms with E-state index in [0.717, 1.165) is 43.0 Å². The maximum atomic E-state index is 9.00. The van der Waals surface area contributed by atoms with Crippen LogP contribution in [-0.2, 0) is 6.42 Å². The van der Waals surface area contributed by atoms with Crippen molar-refractivity contribution in [2.24, 2.45) is 11.3 Å². The van der Waals surface area contributed by atoms with Crippen LogP contribution in [0.15, 0.2) is 12.4 Å². The average molecular weight is 298 g/mol. The van der Waals surface area contributed by atoms with Gasteiger partial charge in [0.25, 0.3) is 0 Å². The molecule has 21 heavy (non-hydrogen) atoms. The molecule has 1 aliphatic carbocycles. The van der Waals surface area contributed by atoms with E-state index in [0.29, 0.717) is 5.41 Å². The van der Waals surface area contributed by atoms with Gasteiger partial charge in [0, 0.05) is 23.9 Å². The Kier molecular flexibility index (Phi) is 2.90. The molecule has 0 aromatic carbocycles. The zero-order chi connectivity index (χ0) is 14.4. The normalized spacial score (nSPS) is 28.0. The number of thiophene rings is 1. The molecule has 0 amide bonds. The Morgan fingerprint density at radius 2 is 2.33 bits per heavy atom. The van der Waals surface area contributed by atoms with Gasteiger partial charge in [0.2, 0.25) is 0 Å². The summed E-state index contributed by atoms with van der Waals surface area (Å²) in [6.07, 6.45) is 6.07. The molecule has 0 unspecified atom stereocenters. The minimum atomic E-state index is 0.281.